The Morgan fingerprint density at radius 1 is 0.895 bits per heavy atom. The molecule has 1 atom stereocenters. The van der Waals surface area contributed by atoms with E-state index in [1.54, 1.807) is 0 Å². The van der Waals surface area contributed by atoms with Crippen molar-refractivity contribution in [2.45, 2.75) is 30.8 Å². The number of aromatic amines is 2. The van der Waals surface area contributed by atoms with Crippen molar-refractivity contribution in [3.63, 3.8) is 0 Å². The Kier molecular flexibility index (Phi) is 6.30. The molecule has 2 aromatic heterocycles. The minimum Gasteiger partial charge on any atom is -0.357 e. The van der Waals surface area contributed by atoms with E-state index in [-0.39, 0.29) is 29.9 Å². The Hall–Kier alpha value is -3.87. The van der Waals surface area contributed by atoms with Gasteiger partial charge in [0.15, 0.2) is 0 Å². The number of likely N-dealkylation sites (tertiary alicyclic amines) is 1. The number of hydrogen-bond donors (Lipinski definition) is 3. The zero-order chi connectivity index (χ0) is 24.8. The van der Waals surface area contributed by atoms with Crippen molar-refractivity contribution in [2.75, 3.05) is 13.1 Å². The number of benzene rings is 3. The van der Waals surface area contributed by atoms with Gasteiger partial charge < -0.3 is 14.9 Å². The van der Waals surface area contributed by atoms with Crippen LogP contribution in [-0.4, -0.2) is 38.8 Å². The first kappa shape index (κ1) is 24.5. The van der Waals surface area contributed by atoms with Crippen LogP contribution in [0.3, 0.4) is 0 Å². The maximum atomic E-state index is 13.2. The predicted octanol–water partition coefficient (Wildman–Crippen LogP) is 6.00. The van der Waals surface area contributed by atoms with Crippen LogP contribution in [0.1, 0.15) is 46.3 Å². The Bertz CT molecular complexity index is 1570. The van der Waals surface area contributed by atoms with E-state index in [9.17, 15) is 4.79 Å². The molecule has 1 fully saturated rings. The second kappa shape index (κ2) is 9.78. The third-order valence-corrected chi connectivity index (χ3v) is 8.07. The van der Waals surface area contributed by atoms with Crippen molar-refractivity contribution < 1.29 is 4.79 Å². The summed E-state index contributed by atoms with van der Waals surface area (Å²) in [5.74, 6) is 1.06. The van der Waals surface area contributed by atoms with Gasteiger partial charge in [0.05, 0.1) is 17.3 Å². The van der Waals surface area contributed by atoms with E-state index in [1.807, 2.05) is 59.6 Å². The minimum atomic E-state index is -0.246. The molecule has 6 nitrogen and oxygen atoms in total. The van der Waals surface area contributed by atoms with Crippen LogP contribution < -0.4 is 5.32 Å². The topological polar surface area (TPSA) is 76.8 Å². The number of carbonyl (C=O) groups excluding carboxylic acids is 1. The molecular weight excluding hydrogens is 494 g/mol. The number of piperidine rings is 1. The third-order valence-electron chi connectivity index (χ3n) is 8.07. The molecule has 192 valence electrons. The average Bonchev–Trinajstić information content (AvgIpc) is 3.60. The Balaban J connectivity index is 0.00000264. The first-order valence-corrected chi connectivity index (χ1v) is 13.0. The summed E-state index contributed by atoms with van der Waals surface area (Å²) in [4.78, 5) is 27.4. The van der Waals surface area contributed by atoms with Crippen LogP contribution in [0.5, 0.6) is 0 Å². The first-order valence-electron chi connectivity index (χ1n) is 13.0. The molecule has 0 radical (unpaired) electrons. The number of rotatable bonds is 3. The van der Waals surface area contributed by atoms with E-state index in [0.717, 1.165) is 41.9 Å². The number of hydrogen-bond acceptors (Lipinski definition) is 3. The van der Waals surface area contributed by atoms with Crippen molar-refractivity contribution >= 4 is 29.2 Å². The maximum absolute atomic E-state index is 13.2. The summed E-state index contributed by atoms with van der Waals surface area (Å²) >= 11 is 0. The second-order valence-electron chi connectivity index (χ2n) is 10.2. The molecule has 3 N–H and O–H groups in total. The third kappa shape index (κ3) is 4.10. The number of aromatic nitrogens is 3. The van der Waals surface area contributed by atoms with Crippen LogP contribution in [0.4, 0.5) is 0 Å². The van der Waals surface area contributed by atoms with Crippen LogP contribution in [0.25, 0.3) is 22.2 Å². The van der Waals surface area contributed by atoms with Crippen molar-refractivity contribution in [3.05, 3.63) is 114 Å². The normalized spacial score (nSPS) is 18.2. The largest absolute Gasteiger partial charge is 0.357 e. The van der Waals surface area contributed by atoms with Crippen molar-refractivity contribution in [2.24, 2.45) is 0 Å². The zero-order valence-corrected chi connectivity index (χ0v) is 21.8. The summed E-state index contributed by atoms with van der Waals surface area (Å²) < 4.78 is 0. The lowest BCUT2D eigenvalue weighted by molar-refractivity contribution is 0.0603. The van der Waals surface area contributed by atoms with Crippen LogP contribution >= 0.6 is 12.4 Å². The SMILES string of the molecule is Cl.O=C(c1ccccc1)N1CCC2(CC1)N[C@@H](c1nc(-c3ccccc3)c[nH]1)Cc1c2[nH]c2ccccc12. The van der Waals surface area contributed by atoms with E-state index in [4.69, 9.17) is 4.98 Å². The fourth-order valence-corrected chi connectivity index (χ4v) is 6.17. The molecular formula is C31H30ClN5O. The number of para-hydroxylation sites is 1. The molecule has 0 unspecified atom stereocenters. The van der Waals surface area contributed by atoms with Crippen LogP contribution in [0.2, 0.25) is 0 Å². The molecule has 3 aromatic carbocycles. The number of H-pyrrole nitrogens is 2. The van der Waals surface area contributed by atoms with E-state index in [1.165, 1.54) is 22.2 Å². The number of imidazole rings is 1. The number of carbonyl (C=O) groups is 1. The van der Waals surface area contributed by atoms with Gasteiger partial charge >= 0.3 is 0 Å². The number of halogens is 1. The maximum Gasteiger partial charge on any atom is 0.253 e. The summed E-state index contributed by atoms with van der Waals surface area (Å²) in [5.41, 5.74) is 6.37. The van der Waals surface area contributed by atoms with E-state index in [2.05, 4.69) is 51.7 Å². The van der Waals surface area contributed by atoms with Gasteiger partial charge in [0.25, 0.3) is 5.91 Å². The molecule has 2 aliphatic heterocycles. The summed E-state index contributed by atoms with van der Waals surface area (Å²) in [6, 6.07) is 28.5. The smallest absolute Gasteiger partial charge is 0.253 e. The molecule has 1 saturated heterocycles. The highest BCUT2D eigenvalue weighted by Crippen LogP contribution is 2.44. The highest BCUT2D eigenvalue weighted by atomic mass is 35.5. The van der Waals surface area contributed by atoms with Gasteiger partial charge in [-0.3, -0.25) is 10.1 Å². The fraction of sp³-hybridized carbons (Fsp3) is 0.226. The number of fused-ring (bicyclic) bond motifs is 4. The molecule has 4 heterocycles. The summed E-state index contributed by atoms with van der Waals surface area (Å²) in [5, 5.41) is 5.28. The molecule has 7 heteroatoms. The van der Waals surface area contributed by atoms with Gasteiger partial charge in [-0.15, -0.1) is 12.4 Å². The van der Waals surface area contributed by atoms with Gasteiger partial charge in [-0.05, 0) is 43.0 Å². The molecule has 38 heavy (non-hydrogen) atoms. The Morgan fingerprint density at radius 2 is 1.58 bits per heavy atom. The monoisotopic (exact) mass is 523 g/mol. The van der Waals surface area contributed by atoms with Crippen molar-refractivity contribution in [1.82, 2.24) is 25.2 Å². The zero-order valence-electron chi connectivity index (χ0n) is 21.0. The Morgan fingerprint density at radius 3 is 2.34 bits per heavy atom. The van der Waals surface area contributed by atoms with E-state index >= 15 is 0 Å². The standard InChI is InChI=1S/C31H29N5O.ClH/c37-30(22-11-5-2-6-12-22)36-17-15-31(16-18-36)28-24(23-13-7-8-14-25(23)33-28)19-26(35-31)29-32-20-27(34-29)21-9-3-1-4-10-21;/h1-14,20,26,33,35H,15-19H2,(H,32,34);1H/t26-;/m1./s1. The quantitative estimate of drug-likeness (QED) is 0.271. The first-order chi connectivity index (χ1) is 18.2. The average molecular weight is 524 g/mol. The highest BCUT2D eigenvalue weighted by molar-refractivity contribution is 5.94. The van der Waals surface area contributed by atoms with Crippen LogP contribution in [-0.2, 0) is 12.0 Å². The molecule has 0 bridgehead atoms. The Labute approximate surface area is 227 Å². The summed E-state index contributed by atoms with van der Waals surface area (Å²) in [7, 11) is 0. The molecule has 5 aromatic rings. The van der Waals surface area contributed by atoms with Crippen molar-refractivity contribution in [3.8, 4) is 11.3 Å². The summed E-state index contributed by atoms with van der Waals surface area (Å²) in [6.07, 6.45) is 4.54. The highest BCUT2D eigenvalue weighted by Gasteiger charge is 2.45. The van der Waals surface area contributed by atoms with Gasteiger partial charge in [-0.1, -0.05) is 66.7 Å². The molecule has 2 aliphatic rings. The molecule has 0 aliphatic carbocycles. The fourth-order valence-electron chi connectivity index (χ4n) is 6.17. The number of nitrogens with one attached hydrogen (secondary N) is 3. The lowest BCUT2D eigenvalue weighted by Crippen LogP contribution is -2.56. The van der Waals surface area contributed by atoms with Gasteiger partial charge in [-0.25, -0.2) is 4.98 Å². The summed E-state index contributed by atoms with van der Waals surface area (Å²) in [6.45, 7) is 1.41. The number of nitrogens with zero attached hydrogens (tertiary/aromatic N) is 2. The molecule has 0 saturated carbocycles. The minimum absolute atomic E-state index is 0. The van der Waals surface area contributed by atoms with Gasteiger partial charge in [-0.2, -0.15) is 0 Å². The van der Waals surface area contributed by atoms with Crippen LogP contribution in [0, 0.1) is 0 Å². The lowest BCUT2D eigenvalue weighted by Gasteiger charge is -2.47. The number of amides is 1. The van der Waals surface area contributed by atoms with E-state index in [0.29, 0.717) is 13.1 Å². The molecule has 7 rings (SSSR count). The molecule has 1 spiro atoms. The van der Waals surface area contributed by atoms with Crippen molar-refractivity contribution in [1.29, 1.82) is 0 Å². The van der Waals surface area contributed by atoms with Gasteiger partial charge in [0.1, 0.15) is 5.82 Å². The second-order valence-corrected chi connectivity index (χ2v) is 10.2. The van der Waals surface area contributed by atoms with Gasteiger partial charge in [0, 0.05) is 47.0 Å². The molecule has 1 amide bonds. The van der Waals surface area contributed by atoms with Crippen LogP contribution in [0.15, 0.2) is 91.1 Å². The van der Waals surface area contributed by atoms with E-state index < -0.39 is 0 Å². The predicted molar refractivity (Wildman–Crippen MR) is 152 cm³/mol. The lowest BCUT2D eigenvalue weighted by atomic mass is 9.77. The van der Waals surface area contributed by atoms with Gasteiger partial charge in [0.2, 0.25) is 0 Å².